The minimum absolute atomic E-state index is 0.0621. The number of carboxylic acids is 1. The SMILES string of the molecule is O=C(O)CCCNS(=O)(=O)c1ccc2c(c1)OCO2. The van der Waals surface area contributed by atoms with Crippen LogP contribution in [0.15, 0.2) is 23.1 Å². The monoisotopic (exact) mass is 287 g/mol. The Hall–Kier alpha value is -1.80. The molecule has 0 aliphatic carbocycles. The second-order valence-electron chi connectivity index (χ2n) is 3.91. The van der Waals surface area contributed by atoms with Gasteiger partial charge in [0.15, 0.2) is 11.5 Å². The Labute approximate surface area is 110 Å². The molecule has 1 aromatic rings. The molecule has 1 aromatic carbocycles. The zero-order chi connectivity index (χ0) is 13.9. The first-order valence-corrected chi connectivity index (χ1v) is 7.08. The van der Waals surface area contributed by atoms with Gasteiger partial charge in [0.05, 0.1) is 4.90 Å². The predicted molar refractivity (Wildman–Crippen MR) is 64.6 cm³/mol. The van der Waals surface area contributed by atoms with Crippen LogP contribution in [0.5, 0.6) is 11.5 Å². The van der Waals surface area contributed by atoms with Crippen LogP contribution >= 0.6 is 0 Å². The van der Waals surface area contributed by atoms with Crippen molar-refractivity contribution < 1.29 is 27.8 Å². The molecule has 2 N–H and O–H groups in total. The Morgan fingerprint density at radius 1 is 1.32 bits per heavy atom. The number of nitrogens with one attached hydrogen (secondary N) is 1. The molecule has 0 amide bonds. The summed E-state index contributed by atoms with van der Waals surface area (Å²) in [6.07, 6.45) is 0.156. The van der Waals surface area contributed by atoms with Crippen molar-refractivity contribution in [2.45, 2.75) is 17.7 Å². The van der Waals surface area contributed by atoms with Crippen LogP contribution in [0.3, 0.4) is 0 Å². The Morgan fingerprint density at radius 2 is 2.05 bits per heavy atom. The predicted octanol–water partition coefficient (Wildman–Crippen LogP) is 0.558. The van der Waals surface area contributed by atoms with E-state index in [1.54, 1.807) is 0 Å². The number of hydrogen-bond acceptors (Lipinski definition) is 5. The molecule has 1 heterocycles. The second kappa shape index (κ2) is 5.45. The lowest BCUT2D eigenvalue weighted by atomic mass is 10.3. The molecular formula is C11H13NO6S. The van der Waals surface area contributed by atoms with E-state index in [9.17, 15) is 13.2 Å². The fourth-order valence-electron chi connectivity index (χ4n) is 1.57. The quantitative estimate of drug-likeness (QED) is 0.741. The summed E-state index contributed by atoms with van der Waals surface area (Å²) >= 11 is 0. The van der Waals surface area contributed by atoms with Gasteiger partial charge in [-0.05, 0) is 18.6 Å². The fourth-order valence-corrected chi connectivity index (χ4v) is 2.66. The molecule has 0 bridgehead atoms. The van der Waals surface area contributed by atoms with Gasteiger partial charge in [-0.1, -0.05) is 0 Å². The van der Waals surface area contributed by atoms with Crippen molar-refractivity contribution in [1.82, 2.24) is 4.72 Å². The summed E-state index contributed by atoms with van der Waals surface area (Å²) in [7, 11) is -3.66. The first-order valence-electron chi connectivity index (χ1n) is 5.60. The van der Waals surface area contributed by atoms with E-state index in [0.29, 0.717) is 11.5 Å². The van der Waals surface area contributed by atoms with Crippen molar-refractivity contribution in [3.63, 3.8) is 0 Å². The normalized spacial score (nSPS) is 13.5. The minimum atomic E-state index is -3.66. The van der Waals surface area contributed by atoms with Gasteiger partial charge < -0.3 is 14.6 Å². The molecule has 0 radical (unpaired) electrons. The minimum Gasteiger partial charge on any atom is -0.481 e. The van der Waals surface area contributed by atoms with Crippen LogP contribution < -0.4 is 14.2 Å². The lowest BCUT2D eigenvalue weighted by Gasteiger charge is -2.06. The van der Waals surface area contributed by atoms with Crippen LogP contribution in [-0.4, -0.2) is 32.8 Å². The standard InChI is InChI=1S/C11H13NO6S/c13-11(14)2-1-5-12-19(15,16)8-3-4-9-10(6-8)18-7-17-9/h3-4,6,12H,1-2,5,7H2,(H,13,14). The number of fused-ring (bicyclic) bond motifs is 1. The molecule has 0 spiro atoms. The molecule has 104 valence electrons. The molecule has 0 atom stereocenters. The van der Waals surface area contributed by atoms with Gasteiger partial charge in [0.25, 0.3) is 0 Å². The highest BCUT2D eigenvalue weighted by Crippen LogP contribution is 2.33. The Balaban J connectivity index is 2.01. The van der Waals surface area contributed by atoms with Gasteiger partial charge >= 0.3 is 5.97 Å². The molecule has 1 aliphatic heterocycles. The molecule has 0 saturated heterocycles. The van der Waals surface area contributed by atoms with Crippen molar-refractivity contribution in [2.75, 3.05) is 13.3 Å². The average Bonchev–Trinajstić information content (AvgIpc) is 2.81. The maximum absolute atomic E-state index is 11.9. The van der Waals surface area contributed by atoms with Crippen molar-refractivity contribution >= 4 is 16.0 Å². The van der Waals surface area contributed by atoms with Crippen molar-refractivity contribution in [2.24, 2.45) is 0 Å². The number of ether oxygens (including phenoxy) is 2. The Bertz CT molecular complexity index is 583. The van der Waals surface area contributed by atoms with Gasteiger partial charge in [0.2, 0.25) is 16.8 Å². The van der Waals surface area contributed by atoms with Crippen LogP contribution in [-0.2, 0) is 14.8 Å². The van der Waals surface area contributed by atoms with Gasteiger partial charge in [-0.3, -0.25) is 4.79 Å². The third-order valence-electron chi connectivity index (χ3n) is 2.51. The summed E-state index contributed by atoms with van der Waals surface area (Å²) in [4.78, 5) is 10.4. The molecule has 0 saturated carbocycles. The number of carbonyl (C=O) groups is 1. The molecule has 0 unspecified atom stereocenters. The fraction of sp³-hybridized carbons (Fsp3) is 0.364. The number of hydrogen-bond donors (Lipinski definition) is 2. The zero-order valence-electron chi connectivity index (χ0n) is 9.96. The van der Waals surface area contributed by atoms with Crippen molar-refractivity contribution in [3.05, 3.63) is 18.2 Å². The van der Waals surface area contributed by atoms with Gasteiger partial charge in [-0.25, -0.2) is 13.1 Å². The van der Waals surface area contributed by atoms with E-state index in [4.69, 9.17) is 14.6 Å². The Morgan fingerprint density at radius 3 is 2.79 bits per heavy atom. The summed E-state index contributed by atoms with van der Waals surface area (Å²) in [6, 6.07) is 4.31. The molecule has 19 heavy (non-hydrogen) atoms. The first kappa shape index (κ1) is 13.6. The van der Waals surface area contributed by atoms with Crippen molar-refractivity contribution in [1.29, 1.82) is 0 Å². The van der Waals surface area contributed by atoms with E-state index in [-0.39, 0.29) is 31.1 Å². The highest BCUT2D eigenvalue weighted by molar-refractivity contribution is 7.89. The molecule has 0 fully saturated rings. The zero-order valence-corrected chi connectivity index (χ0v) is 10.8. The van der Waals surface area contributed by atoms with E-state index in [1.807, 2.05) is 0 Å². The lowest BCUT2D eigenvalue weighted by Crippen LogP contribution is -2.25. The largest absolute Gasteiger partial charge is 0.481 e. The van der Waals surface area contributed by atoms with E-state index in [1.165, 1.54) is 18.2 Å². The van der Waals surface area contributed by atoms with Gasteiger partial charge in [-0.2, -0.15) is 0 Å². The summed E-state index contributed by atoms with van der Waals surface area (Å²) in [5, 5.41) is 8.46. The summed E-state index contributed by atoms with van der Waals surface area (Å²) in [5.41, 5.74) is 0. The topological polar surface area (TPSA) is 102 Å². The highest BCUT2D eigenvalue weighted by atomic mass is 32.2. The third kappa shape index (κ3) is 3.36. The molecular weight excluding hydrogens is 274 g/mol. The lowest BCUT2D eigenvalue weighted by molar-refractivity contribution is -0.137. The maximum atomic E-state index is 11.9. The van der Waals surface area contributed by atoms with Crippen LogP contribution in [0.4, 0.5) is 0 Å². The summed E-state index contributed by atoms with van der Waals surface area (Å²) in [6.45, 7) is 0.147. The third-order valence-corrected chi connectivity index (χ3v) is 3.97. The van der Waals surface area contributed by atoms with E-state index < -0.39 is 16.0 Å². The highest BCUT2D eigenvalue weighted by Gasteiger charge is 2.19. The van der Waals surface area contributed by atoms with Crippen LogP contribution in [0.1, 0.15) is 12.8 Å². The molecule has 0 aromatic heterocycles. The van der Waals surface area contributed by atoms with Gasteiger partial charge in [-0.15, -0.1) is 0 Å². The molecule has 1 aliphatic rings. The maximum Gasteiger partial charge on any atom is 0.303 e. The van der Waals surface area contributed by atoms with E-state index in [2.05, 4.69) is 4.72 Å². The van der Waals surface area contributed by atoms with E-state index in [0.717, 1.165) is 0 Å². The van der Waals surface area contributed by atoms with Gasteiger partial charge in [0, 0.05) is 19.0 Å². The smallest absolute Gasteiger partial charge is 0.303 e. The van der Waals surface area contributed by atoms with Crippen LogP contribution in [0.25, 0.3) is 0 Å². The summed E-state index contributed by atoms with van der Waals surface area (Å²) in [5.74, 6) is -0.0690. The number of rotatable bonds is 6. The van der Waals surface area contributed by atoms with Gasteiger partial charge in [0.1, 0.15) is 0 Å². The number of sulfonamides is 1. The number of aliphatic carboxylic acids is 1. The van der Waals surface area contributed by atoms with Crippen molar-refractivity contribution in [3.8, 4) is 11.5 Å². The molecule has 7 nitrogen and oxygen atoms in total. The summed E-state index contributed by atoms with van der Waals surface area (Å²) < 4.78 is 36.4. The number of benzene rings is 1. The molecule has 2 rings (SSSR count). The van der Waals surface area contributed by atoms with Crippen LogP contribution in [0, 0.1) is 0 Å². The van der Waals surface area contributed by atoms with Crippen LogP contribution in [0.2, 0.25) is 0 Å². The van der Waals surface area contributed by atoms with E-state index >= 15 is 0 Å². The average molecular weight is 287 g/mol. The Kier molecular flexibility index (Phi) is 3.91. The molecule has 8 heteroatoms. The number of carboxylic acid groups (broad SMARTS) is 1. The second-order valence-corrected chi connectivity index (χ2v) is 5.68. The first-order chi connectivity index (χ1) is 8.99.